The summed E-state index contributed by atoms with van der Waals surface area (Å²) in [5.74, 6) is 0.0174. The molecule has 21 heavy (non-hydrogen) atoms. The molecule has 0 aliphatic heterocycles. The molecule has 114 valence electrons. The number of fused-ring (bicyclic) bond motifs is 1. The molecule has 0 saturated heterocycles. The van der Waals surface area contributed by atoms with Crippen molar-refractivity contribution in [1.29, 1.82) is 0 Å². The lowest BCUT2D eigenvalue weighted by atomic mass is 9.87. The molecule has 1 amide bonds. The number of aromatic amines is 1. The lowest BCUT2D eigenvalue weighted by Gasteiger charge is -2.25. The Bertz CT molecular complexity index is 598. The minimum absolute atomic E-state index is 0.0174. The molecule has 3 heteroatoms. The predicted octanol–water partition coefficient (Wildman–Crippen LogP) is 4.50. The van der Waals surface area contributed by atoms with Crippen molar-refractivity contribution in [3.8, 4) is 0 Å². The standard InChI is InChI=1S/C18H26N2O/c1-4-5-6-11-18(2,3)13-20-17(21)15-8-7-9-16-14(15)10-12-19-16/h7-10,12,19H,4-6,11,13H2,1-3H3,(H,20,21). The molecule has 0 aliphatic rings. The summed E-state index contributed by atoms with van der Waals surface area (Å²) in [6.45, 7) is 7.38. The molecule has 0 radical (unpaired) electrons. The largest absolute Gasteiger partial charge is 0.361 e. The van der Waals surface area contributed by atoms with E-state index in [1.54, 1.807) is 0 Å². The van der Waals surface area contributed by atoms with Gasteiger partial charge in [-0.25, -0.2) is 0 Å². The van der Waals surface area contributed by atoms with E-state index in [1.807, 2.05) is 30.5 Å². The highest BCUT2D eigenvalue weighted by atomic mass is 16.1. The van der Waals surface area contributed by atoms with E-state index in [9.17, 15) is 4.79 Å². The molecule has 0 bridgehead atoms. The molecule has 2 rings (SSSR count). The van der Waals surface area contributed by atoms with E-state index in [-0.39, 0.29) is 11.3 Å². The number of rotatable bonds is 7. The summed E-state index contributed by atoms with van der Waals surface area (Å²) in [5, 5.41) is 4.08. The van der Waals surface area contributed by atoms with Crippen molar-refractivity contribution in [1.82, 2.24) is 10.3 Å². The van der Waals surface area contributed by atoms with Gasteiger partial charge in [-0.05, 0) is 30.0 Å². The predicted molar refractivity (Wildman–Crippen MR) is 88.6 cm³/mol. The average molecular weight is 286 g/mol. The molecule has 1 heterocycles. The van der Waals surface area contributed by atoms with Crippen LogP contribution in [0.15, 0.2) is 30.5 Å². The molecule has 0 fully saturated rings. The molecule has 1 aromatic carbocycles. The van der Waals surface area contributed by atoms with Crippen molar-refractivity contribution in [2.45, 2.75) is 46.5 Å². The maximum Gasteiger partial charge on any atom is 0.251 e. The summed E-state index contributed by atoms with van der Waals surface area (Å²) in [5.41, 5.74) is 1.90. The molecular weight excluding hydrogens is 260 g/mol. The smallest absolute Gasteiger partial charge is 0.251 e. The van der Waals surface area contributed by atoms with Gasteiger partial charge in [-0.1, -0.05) is 46.1 Å². The quantitative estimate of drug-likeness (QED) is 0.723. The highest BCUT2D eigenvalue weighted by Gasteiger charge is 2.19. The first-order valence-corrected chi connectivity index (χ1v) is 7.88. The number of amides is 1. The Balaban J connectivity index is 1.97. The van der Waals surface area contributed by atoms with Crippen molar-refractivity contribution in [3.63, 3.8) is 0 Å². The molecule has 0 unspecified atom stereocenters. The molecule has 1 aromatic heterocycles. The number of H-pyrrole nitrogens is 1. The van der Waals surface area contributed by atoms with Crippen LogP contribution in [0.5, 0.6) is 0 Å². The third kappa shape index (κ3) is 4.10. The minimum atomic E-state index is 0.0174. The first-order valence-electron chi connectivity index (χ1n) is 7.88. The van der Waals surface area contributed by atoms with Crippen LogP contribution in [0.1, 0.15) is 56.8 Å². The number of nitrogens with one attached hydrogen (secondary N) is 2. The van der Waals surface area contributed by atoms with Gasteiger partial charge in [0.15, 0.2) is 0 Å². The van der Waals surface area contributed by atoms with Crippen molar-refractivity contribution < 1.29 is 4.79 Å². The van der Waals surface area contributed by atoms with Gasteiger partial charge in [-0.15, -0.1) is 0 Å². The SMILES string of the molecule is CCCCCC(C)(C)CNC(=O)c1cccc2[nH]ccc12. The maximum absolute atomic E-state index is 12.4. The second kappa shape index (κ2) is 6.79. The van der Waals surface area contributed by atoms with Crippen LogP contribution in [0, 0.1) is 5.41 Å². The number of benzene rings is 1. The number of carbonyl (C=O) groups is 1. The third-order valence-electron chi connectivity index (χ3n) is 4.02. The van der Waals surface area contributed by atoms with Gasteiger partial charge in [0.25, 0.3) is 5.91 Å². The lowest BCUT2D eigenvalue weighted by Crippen LogP contribution is -2.34. The van der Waals surface area contributed by atoms with Crippen LogP contribution in [-0.4, -0.2) is 17.4 Å². The number of hydrogen-bond donors (Lipinski definition) is 2. The zero-order valence-corrected chi connectivity index (χ0v) is 13.3. The van der Waals surface area contributed by atoms with Gasteiger partial charge in [0.1, 0.15) is 0 Å². The summed E-state index contributed by atoms with van der Waals surface area (Å²) in [6, 6.07) is 7.74. The van der Waals surface area contributed by atoms with E-state index in [1.165, 1.54) is 19.3 Å². The Labute approximate surface area is 127 Å². The number of hydrogen-bond acceptors (Lipinski definition) is 1. The third-order valence-corrected chi connectivity index (χ3v) is 4.02. The van der Waals surface area contributed by atoms with Crippen LogP contribution in [0.4, 0.5) is 0 Å². The Kier molecular flexibility index (Phi) is 5.05. The van der Waals surface area contributed by atoms with Gasteiger partial charge in [-0.2, -0.15) is 0 Å². The molecule has 3 nitrogen and oxygen atoms in total. The van der Waals surface area contributed by atoms with Crippen molar-refractivity contribution in [2.75, 3.05) is 6.54 Å². The summed E-state index contributed by atoms with van der Waals surface area (Å²) in [6.07, 6.45) is 6.75. The van der Waals surface area contributed by atoms with Gasteiger partial charge >= 0.3 is 0 Å². The number of unbranched alkanes of at least 4 members (excludes halogenated alkanes) is 2. The van der Waals surface area contributed by atoms with E-state index in [0.717, 1.165) is 29.4 Å². The minimum Gasteiger partial charge on any atom is -0.361 e. The number of aromatic nitrogens is 1. The Morgan fingerprint density at radius 3 is 2.81 bits per heavy atom. The summed E-state index contributed by atoms with van der Waals surface area (Å²) >= 11 is 0. The zero-order chi connectivity index (χ0) is 15.3. The monoisotopic (exact) mass is 286 g/mol. The molecular formula is C18H26N2O. The topological polar surface area (TPSA) is 44.9 Å². The summed E-state index contributed by atoms with van der Waals surface area (Å²) in [7, 11) is 0. The van der Waals surface area contributed by atoms with E-state index in [4.69, 9.17) is 0 Å². The van der Waals surface area contributed by atoms with E-state index < -0.39 is 0 Å². The fourth-order valence-electron chi connectivity index (χ4n) is 2.64. The fourth-order valence-corrected chi connectivity index (χ4v) is 2.64. The second-order valence-electron chi connectivity index (χ2n) is 6.55. The highest BCUT2D eigenvalue weighted by Crippen LogP contribution is 2.23. The van der Waals surface area contributed by atoms with Crippen molar-refractivity contribution in [2.24, 2.45) is 5.41 Å². The van der Waals surface area contributed by atoms with Crippen molar-refractivity contribution >= 4 is 16.8 Å². The summed E-state index contributed by atoms with van der Waals surface area (Å²) < 4.78 is 0. The first-order chi connectivity index (χ1) is 10.0. The van der Waals surface area contributed by atoms with Crippen LogP contribution >= 0.6 is 0 Å². The number of carbonyl (C=O) groups excluding carboxylic acids is 1. The van der Waals surface area contributed by atoms with Crippen LogP contribution in [0.3, 0.4) is 0 Å². The average Bonchev–Trinajstić information content (AvgIpc) is 2.93. The van der Waals surface area contributed by atoms with Gasteiger partial charge in [0.2, 0.25) is 0 Å². The first kappa shape index (κ1) is 15.6. The molecule has 0 saturated carbocycles. The molecule has 0 aliphatic carbocycles. The van der Waals surface area contributed by atoms with Gasteiger partial charge in [-0.3, -0.25) is 4.79 Å². The summed E-state index contributed by atoms with van der Waals surface area (Å²) in [4.78, 5) is 15.5. The van der Waals surface area contributed by atoms with E-state index in [0.29, 0.717) is 0 Å². The van der Waals surface area contributed by atoms with Gasteiger partial charge in [0.05, 0.1) is 0 Å². The normalized spacial score (nSPS) is 11.8. The van der Waals surface area contributed by atoms with Crippen LogP contribution in [-0.2, 0) is 0 Å². The highest BCUT2D eigenvalue weighted by molar-refractivity contribution is 6.06. The van der Waals surface area contributed by atoms with Crippen LogP contribution < -0.4 is 5.32 Å². The van der Waals surface area contributed by atoms with Crippen LogP contribution in [0.2, 0.25) is 0 Å². The zero-order valence-electron chi connectivity index (χ0n) is 13.3. The molecule has 0 spiro atoms. The molecule has 2 N–H and O–H groups in total. The van der Waals surface area contributed by atoms with E-state index in [2.05, 4.69) is 31.1 Å². The Hall–Kier alpha value is -1.77. The second-order valence-corrected chi connectivity index (χ2v) is 6.55. The molecule has 2 aromatic rings. The Morgan fingerprint density at radius 2 is 2.05 bits per heavy atom. The fraction of sp³-hybridized carbons (Fsp3) is 0.500. The lowest BCUT2D eigenvalue weighted by molar-refractivity contribution is 0.0935. The van der Waals surface area contributed by atoms with E-state index >= 15 is 0 Å². The Morgan fingerprint density at radius 1 is 1.24 bits per heavy atom. The van der Waals surface area contributed by atoms with Gasteiger partial charge in [0, 0.05) is 29.2 Å². The van der Waals surface area contributed by atoms with Crippen LogP contribution in [0.25, 0.3) is 10.9 Å². The van der Waals surface area contributed by atoms with Gasteiger partial charge < -0.3 is 10.3 Å². The molecule has 0 atom stereocenters. The van der Waals surface area contributed by atoms with Crippen molar-refractivity contribution in [3.05, 3.63) is 36.0 Å². The maximum atomic E-state index is 12.4.